The van der Waals surface area contributed by atoms with Gasteiger partial charge in [-0.15, -0.1) is 0 Å². The summed E-state index contributed by atoms with van der Waals surface area (Å²) in [6.45, 7) is 2.94. The molecule has 0 fully saturated rings. The van der Waals surface area contributed by atoms with Crippen LogP contribution in [0.4, 0.5) is 0 Å². The average Bonchev–Trinajstić information content (AvgIpc) is 2.65. The number of hydrogen-bond acceptors (Lipinski definition) is 5. The molecule has 0 spiro atoms. The molecule has 7 nitrogen and oxygen atoms in total. The molecule has 2 N–H and O–H groups in total. The van der Waals surface area contributed by atoms with Gasteiger partial charge >= 0.3 is 13.6 Å². The van der Waals surface area contributed by atoms with Gasteiger partial charge in [-0.05, 0) is 37.6 Å². The van der Waals surface area contributed by atoms with Gasteiger partial charge in [0, 0.05) is 5.56 Å². The number of carbonyl (C=O) groups excluding carboxylic acids is 1. The van der Waals surface area contributed by atoms with Crippen LogP contribution in [-0.4, -0.2) is 30.0 Å². The minimum atomic E-state index is -4.39. The second-order valence-electron chi connectivity index (χ2n) is 6.49. The van der Waals surface area contributed by atoms with Gasteiger partial charge in [-0.1, -0.05) is 30.3 Å². The van der Waals surface area contributed by atoms with Crippen molar-refractivity contribution in [3.63, 3.8) is 0 Å². The molecule has 2 rings (SSSR count). The second-order valence-corrected chi connectivity index (χ2v) is 8.69. The molecule has 0 saturated heterocycles. The number of ether oxygens (including phenoxy) is 3. The summed E-state index contributed by atoms with van der Waals surface area (Å²) in [5.74, 6) is 0.143. The standard InChI is InChI=1S/C20H23O7P/c1-20(2,28(22,23)24)14-8-7-9-15(12-14)27-18-11-6-5-10-16(18)17(13-25-3)19(21)26-4/h5-13H,1-4H3,(H2,22,23,24)/b17-13+. The number of rotatable bonds is 7. The van der Waals surface area contributed by atoms with Crippen LogP contribution in [-0.2, 0) is 24.0 Å². The van der Waals surface area contributed by atoms with Crippen molar-refractivity contribution in [1.82, 2.24) is 0 Å². The van der Waals surface area contributed by atoms with E-state index in [9.17, 15) is 19.1 Å². The second kappa shape index (κ2) is 8.61. The summed E-state index contributed by atoms with van der Waals surface area (Å²) in [6, 6.07) is 13.3. The zero-order valence-corrected chi connectivity index (χ0v) is 17.0. The lowest BCUT2D eigenvalue weighted by Crippen LogP contribution is -2.17. The first kappa shape index (κ1) is 21.7. The highest BCUT2D eigenvalue weighted by molar-refractivity contribution is 7.53. The summed E-state index contributed by atoms with van der Waals surface area (Å²) in [5.41, 5.74) is 1.06. The molecule has 0 aliphatic carbocycles. The summed E-state index contributed by atoms with van der Waals surface area (Å²) in [5, 5.41) is -1.38. The van der Waals surface area contributed by atoms with Crippen molar-refractivity contribution in [2.24, 2.45) is 0 Å². The Morgan fingerprint density at radius 2 is 1.75 bits per heavy atom. The molecule has 0 unspecified atom stereocenters. The molecule has 0 radical (unpaired) electrons. The summed E-state index contributed by atoms with van der Waals surface area (Å²) in [7, 11) is -1.70. The first-order valence-electron chi connectivity index (χ1n) is 8.36. The topological polar surface area (TPSA) is 102 Å². The Balaban J connectivity index is 2.46. The van der Waals surface area contributed by atoms with Gasteiger partial charge in [0.05, 0.1) is 25.6 Å². The van der Waals surface area contributed by atoms with Crippen LogP contribution < -0.4 is 4.74 Å². The van der Waals surface area contributed by atoms with Gasteiger partial charge in [0.15, 0.2) is 0 Å². The van der Waals surface area contributed by atoms with Crippen LogP contribution in [0, 0.1) is 0 Å². The van der Waals surface area contributed by atoms with Crippen molar-refractivity contribution < 1.29 is 33.4 Å². The van der Waals surface area contributed by atoms with Crippen LogP contribution in [0.5, 0.6) is 11.5 Å². The minimum absolute atomic E-state index is 0.173. The van der Waals surface area contributed by atoms with Crippen molar-refractivity contribution in [2.75, 3.05) is 14.2 Å². The average molecular weight is 406 g/mol. The quantitative estimate of drug-likeness (QED) is 0.309. The van der Waals surface area contributed by atoms with Crippen LogP contribution >= 0.6 is 7.60 Å². The highest BCUT2D eigenvalue weighted by Gasteiger charge is 2.39. The summed E-state index contributed by atoms with van der Waals surface area (Å²) < 4.78 is 27.5. The molecule has 0 aromatic heterocycles. The molecule has 0 aliphatic rings. The molecule has 28 heavy (non-hydrogen) atoms. The summed E-state index contributed by atoms with van der Waals surface area (Å²) >= 11 is 0. The fourth-order valence-corrected chi connectivity index (χ4v) is 2.94. The molecule has 150 valence electrons. The highest BCUT2D eigenvalue weighted by Crippen LogP contribution is 2.56. The zero-order chi connectivity index (χ0) is 20.9. The Kier molecular flexibility index (Phi) is 6.67. The zero-order valence-electron chi connectivity index (χ0n) is 16.1. The Bertz CT molecular complexity index is 928. The maximum Gasteiger partial charge on any atom is 0.341 e. The van der Waals surface area contributed by atoms with Gasteiger partial charge in [-0.3, -0.25) is 4.57 Å². The molecule has 8 heteroatoms. The van der Waals surface area contributed by atoms with Crippen LogP contribution in [0.25, 0.3) is 5.57 Å². The van der Waals surface area contributed by atoms with Crippen LogP contribution in [0.1, 0.15) is 25.0 Å². The van der Waals surface area contributed by atoms with Crippen molar-refractivity contribution in [1.29, 1.82) is 0 Å². The molecule has 2 aromatic carbocycles. The van der Waals surface area contributed by atoms with Crippen molar-refractivity contribution >= 4 is 19.1 Å². The monoisotopic (exact) mass is 406 g/mol. The maximum absolute atomic E-state index is 12.1. The van der Waals surface area contributed by atoms with Crippen LogP contribution in [0.2, 0.25) is 0 Å². The molecule has 0 amide bonds. The Hall–Kier alpha value is -2.60. The van der Waals surface area contributed by atoms with Crippen LogP contribution in [0.15, 0.2) is 54.8 Å². The fourth-order valence-electron chi connectivity index (χ4n) is 2.46. The van der Waals surface area contributed by atoms with Crippen molar-refractivity contribution in [3.05, 3.63) is 65.9 Å². The van der Waals surface area contributed by atoms with E-state index in [4.69, 9.17) is 14.2 Å². The smallest absolute Gasteiger partial charge is 0.341 e. The summed E-state index contributed by atoms with van der Waals surface area (Å²) in [4.78, 5) is 31.4. The number of methoxy groups -OCH3 is 2. The molecule has 0 saturated carbocycles. The molecule has 0 atom stereocenters. The van der Waals surface area contributed by atoms with Crippen molar-refractivity contribution in [3.8, 4) is 11.5 Å². The van der Waals surface area contributed by atoms with E-state index in [1.165, 1.54) is 34.3 Å². The van der Waals surface area contributed by atoms with E-state index in [0.717, 1.165) is 0 Å². The molecular formula is C20H23O7P. The minimum Gasteiger partial charge on any atom is -0.503 e. The van der Waals surface area contributed by atoms with Crippen molar-refractivity contribution in [2.45, 2.75) is 19.0 Å². The van der Waals surface area contributed by atoms with Gasteiger partial charge in [0.25, 0.3) is 0 Å². The summed E-state index contributed by atoms with van der Waals surface area (Å²) in [6.07, 6.45) is 1.27. The Morgan fingerprint density at radius 3 is 2.36 bits per heavy atom. The fraction of sp³-hybridized carbons (Fsp3) is 0.250. The van der Waals surface area contributed by atoms with E-state index < -0.39 is 18.7 Å². The SMILES string of the molecule is CO/C=C(/C(=O)OC)c1ccccc1Oc1cccc(C(C)(C)P(=O)(O)O)c1. The van der Waals surface area contributed by atoms with E-state index in [1.54, 1.807) is 48.5 Å². The lowest BCUT2D eigenvalue weighted by molar-refractivity contribution is -0.133. The molecule has 0 aliphatic heterocycles. The van der Waals surface area contributed by atoms with Gasteiger partial charge in [0.1, 0.15) is 17.1 Å². The number of esters is 1. The highest BCUT2D eigenvalue weighted by atomic mass is 31.2. The predicted octanol–water partition coefficient (Wildman–Crippen LogP) is 4.05. The number of hydrogen-bond donors (Lipinski definition) is 2. The van der Waals surface area contributed by atoms with E-state index >= 15 is 0 Å². The Morgan fingerprint density at radius 1 is 1.07 bits per heavy atom. The number of para-hydroxylation sites is 1. The van der Waals surface area contributed by atoms with E-state index in [-0.39, 0.29) is 5.57 Å². The van der Waals surface area contributed by atoms with E-state index in [0.29, 0.717) is 22.6 Å². The normalized spacial score (nSPS) is 12.4. The molecular weight excluding hydrogens is 383 g/mol. The third kappa shape index (κ3) is 4.62. The first-order valence-corrected chi connectivity index (χ1v) is 9.97. The number of benzene rings is 2. The maximum atomic E-state index is 12.1. The number of carbonyl (C=O) groups is 1. The lowest BCUT2D eigenvalue weighted by atomic mass is 10.0. The third-order valence-corrected chi connectivity index (χ3v) is 6.03. The first-order chi connectivity index (χ1) is 13.1. The Labute approximate surface area is 163 Å². The van der Waals surface area contributed by atoms with Gasteiger partial charge in [-0.2, -0.15) is 0 Å². The predicted molar refractivity (Wildman–Crippen MR) is 105 cm³/mol. The van der Waals surface area contributed by atoms with Gasteiger partial charge in [0.2, 0.25) is 0 Å². The molecule has 2 aromatic rings. The third-order valence-electron chi connectivity index (χ3n) is 4.31. The molecule has 0 heterocycles. The largest absolute Gasteiger partial charge is 0.503 e. The lowest BCUT2D eigenvalue weighted by Gasteiger charge is -2.26. The van der Waals surface area contributed by atoms with Crippen LogP contribution in [0.3, 0.4) is 0 Å². The van der Waals surface area contributed by atoms with Gasteiger partial charge < -0.3 is 24.0 Å². The van der Waals surface area contributed by atoms with E-state index in [2.05, 4.69) is 0 Å². The van der Waals surface area contributed by atoms with E-state index in [1.807, 2.05) is 0 Å². The molecule has 0 bridgehead atoms. The van der Waals surface area contributed by atoms with Gasteiger partial charge in [-0.25, -0.2) is 4.79 Å².